The fourth-order valence-corrected chi connectivity index (χ4v) is 3.47. The van der Waals surface area contributed by atoms with Crippen LogP contribution in [0.5, 0.6) is 0 Å². The Kier molecular flexibility index (Phi) is 4.07. The largest absolute Gasteiger partial charge is 0.389 e. The van der Waals surface area contributed by atoms with Gasteiger partial charge in [0.2, 0.25) is 15.5 Å². The van der Waals surface area contributed by atoms with E-state index in [0.717, 1.165) is 31.5 Å². The topological polar surface area (TPSA) is 99.3 Å². The van der Waals surface area contributed by atoms with Crippen molar-refractivity contribution in [3.8, 4) is 0 Å². The summed E-state index contributed by atoms with van der Waals surface area (Å²) < 4.78 is 26.3. The van der Waals surface area contributed by atoms with Gasteiger partial charge in [-0.05, 0) is 12.8 Å². The third-order valence-corrected chi connectivity index (χ3v) is 4.88. The van der Waals surface area contributed by atoms with Gasteiger partial charge in [-0.3, -0.25) is 4.79 Å². The third-order valence-electron chi connectivity index (χ3n) is 3.45. The predicted molar refractivity (Wildman–Crippen MR) is 70.3 cm³/mol. The minimum absolute atomic E-state index is 0.0519. The van der Waals surface area contributed by atoms with E-state index in [2.05, 4.69) is 9.71 Å². The molecule has 6 nitrogen and oxygen atoms in total. The van der Waals surface area contributed by atoms with Gasteiger partial charge >= 0.3 is 0 Å². The smallest absolute Gasteiger partial charge is 0.246 e. The Bertz CT molecular complexity index is 588. The number of nitrogens with one attached hydrogen (secondary N) is 2. The zero-order chi connectivity index (χ0) is 13.9. The van der Waals surface area contributed by atoms with E-state index in [1.165, 1.54) is 6.20 Å². The highest BCUT2D eigenvalue weighted by Gasteiger charge is 2.31. The van der Waals surface area contributed by atoms with Crippen LogP contribution in [0.1, 0.15) is 32.1 Å². The van der Waals surface area contributed by atoms with E-state index in [9.17, 15) is 18.3 Å². The maximum atomic E-state index is 12.0. The van der Waals surface area contributed by atoms with Crippen molar-refractivity contribution in [2.24, 2.45) is 0 Å². The van der Waals surface area contributed by atoms with Gasteiger partial charge in [0.15, 0.2) is 0 Å². The number of hydrogen-bond donors (Lipinski definition) is 3. The highest BCUT2D eigenvalue weighted by molar-refractivity contribution is 7.89. The molecule has 7 heteroatoms. The summed E-state index contributed by atoms with van der Waals surface area (Å²) in [4.78, 5) is 13.7. The fourth-order valence-electron chi connectivity index (χ4n) is 2.30. The van der Waals surface area contributed by atoms with Crippen molar-refractivity contribution in [1.29, 1.82) is 0 Å². The summed E-state index contributed by atoms with van der Waals surface area (Å²) in [5, 5.41) is 10.2. The van der Waals surface area contributed by atoms with Gasteiger partial charge in [-0.25, -0.2) is 13.1 Å². The van der Waals surface area contributed by atoms with Crippen molar-refractivity contribution in [2.75, 3.05) is 6.54 Å². The first-order chi connectivity index (χ1) is 8.93. The standard InChI is InChI=1S/C12H18N2O4S/c15-10-4-7-13-8-11(10)19(17,18)14-9-12(16)5-2-1-3-6-12/h4,7-8,14,16H,1-3,5-6,9H2,(H,13,15). The zero-order valence-corrected chi connectivity index (χ0v) is 11.4. The van der Waals surface area contributed by atoms with Crippen LogP contribution in [0.4, 0.5) is 0 Å². The Morgan fingerprint density at radius 3 is 2.63 bits per heavy atom. The Labute approximate surface area is 111 Å². The van der Waals surface area contributed by atoms with E-state index in [1.54, 1.807) is 0 Å². The van der Waals surface area contributed by atoms with Crippen molar-refractivity contribution in [1.82, 2.24) is 9.71 Å². The number of H-pyrrole nitrogens is 1. The average Bonchev–Trinajstić information content (AvgIpc) is 2.38. The summed E-state index contributed by atoms with van der Waals surface area (Å²) in [5.41, 5.74) is -1.56. The molecular weight excluding hydrogens is 268 g/mol. The molecule has 0 amide bonds. The van der Waals surface area contributed by atoms with E-state index in [1.807, 2.05) is 0 Å². The lowest BCUT2D eigenvalue weighted by Crippen LogP contribution is -2.44. The molecule has 19 heavy (non-hydrogen) atoms. The Morgan fingerprint density at radius 1 is 1.32 bits per heavy atom. The number of rotatable bonds is 4. The normalized spacial score (nSPS) is 19.2. The van der Waals surface area contributed by atoms with Crippen LogP contribution >= 0.6 is 0 Å². The van der Waals surface area contributed by atoms with Gasteiger partial charge in [-0.2, -0.15) is 0 Å². The van der Waals surface area contributed by atoms with Crippen LogP contribution in [0.15, 0.2) is 28.2 Å². The van der Waals surface area contributed by atoms with Gasteiger partial charge in [0.1, 0.15) is 4.90 Å². The van der Waals surface area contributed by atoms with Gasteiger partial charge in [0.25, 0.3) is 0 Å². The molecule has 0 aliphatic heterocycles. The average molecular weight is 286 g/mol. The zero-order valence-electron chi connectivity index (χ0n) is 10.6. The minimum Gasteiger partial charge on any atom is -0.389 e. The highest BCUT2D eigenvalue weighted by Crippen LogP contribution is 2.27. The number of hydrogen-bond acceptors (Lipinski definition) is 4. The molecular formula is C12H18N2O4S. The summed E-state index contributed by atoms with van der Waals surface area (Å²) in [6.07, 6.45) is 6.54. The molecule has 1 fully saturated rings. The monoisotopic (exact) mass is 286 g/mol. The fraction of sp³-hybridized carbons (Fsp3) is 0.583. The van der Waals surface area contributed by atoms with Crippen LogP contribution in [0.3, 0.4) is 0 Å². The highest BCUT2D eigenvalue weighted by atomic mass is 32.2. The van der Waals surface area contributed by atoms with Crippen LogP contribution < -0.4 is 10.2 Å². The molecule has 0 aromatic carbocycles. The second-order valence-electron chi connectivity index (χ2n) is 4.98. The van der Waals surface area contributed by atoms with Crippen molar-refractivity contribution < 1.29 is 13.5 Å². The second-order valence-corrected chi connectivity index (χ2v) is 6.72. The van der Waals surface area contributed by atoms with E-state index < -0.39 is 21.1 Å². The van der Waals surface area contributed by atoms with Crippen molar-refractivity contribution in [2.45, 2.75) is 42.6 Å². The first-order valence-corrected chi connectivity index (χ1v) is 7.80. The quantitative estimate of drug-likeness (QED) is 0.743. The van der Waals surface area contributed by atoms with E-state index in [0.29, 0.717) is 12.8 Å². The van der Waals surface area contributed by atoms with Crippen LogP contribution in [0.2, 0.25) is 0 Å². The number of aromatic amines is 1. The molecule has 1 aliphatic carbocycles. The van der Waals surface area contributed by atoms with Gasteiger partial charge < -0.3 is 10.1 Å². The van der Waals surface area contributed by atoms with E-state index in [4.69, 9.17) is 0 Å². The summed E-state index contributed by atoms with van der Waals surface area (Å²) in [5.74, 6) is 0. The van der Waals surface area contributed by atoms with Gasteiger partial charge in [0, 0.05) is 25.0 Å². The van der Waals surface area contributed by atoms with Crippen LogP contribution in [0, 0.1) is 0 Å². The SMILES string of the molecule is O=c1cc[nH]cc1S(=O)(=O)NCC1(O)CCCCC1. The van der Waals surface area contributed by atoms with Gasteiger partial charge in [-0.15, -0.1) is 0 Å². The molecule has 1 heterocycles. The number of sulfonamides is 1. The summed E-state index contributed by atoms with van der Waals surface area (Å²) >= 11 is 0. The van der Waals surface area contributed by atoms with Crippen LogP contribution in [-0.4, -0.2) is 30.7 Å². The molecule has 3 N–H and O–H groups in total. The van der Waals surface area contributed by atoms with Crippen LogP contribution in [-0.2, 0) is 10.0 Å². The molecule has 0 unspecified atom stereocenters. The number of aromatic nitrogens is 1. The molecule has 1 aliphatic rings. The molecule has 0 saturated heterocycles. The molecule has 0 bridgehead atoms. The second kappa shape index (κ2) is 5.44. The summed E-state index contributed by atoms with van der Waals surface area (Å²) in [6, 6.07) is 1.16. The third kappa shape index (κ3) is 3.43. The maximum Gasteiger partial charge on any atom is 0.246 e. The van der Waals surface area contributed by atoms with Crippen LogP contribution in [0.25, 0.3) is 0 Å². The summed E-state index contributed by atoms with van der Waals surface area (Å²) in [6.45, 7) is -0.0519. The molecule has 0 atom stereocenters. The Hall–Kier alpha value is -1.18. The number of pyridine rings is 1. The van der Waals surface area contributed by atoms with Gasteiger partial charge in [-0.1, -0.05) is 19.3 Å². The predicted octanol–water partition coefficient (Wildman–Crippen LogP) is 0.348. The molecule has 0 spiro atoms. The molecule has 106 valence electrons. The molecule has 1 aromatic heterocycles. The lowest BCUT2D eigenvalue weighted by atomic mass is 9.85. The van der Waals surface area contributed by atoms with Gasteiger partial charge in [0.05, 0.1) is 5.60 Å². The maximum absolute atomic E-state index is 12.0. The first kappa shape index (κ1) is 14.2. The van der Waals surface area contributed by atoms with Crippen molar-refractivity contribution in [3.63, 3.8) is 0 Å². The molecule has 0 radical (unpaired) electrons. The minimum atomic E-state index is -3.88. The van der Waals surface area contributed by atoms with E-state index >= 15 is 0 Å². The Balaban J connectivity index is 2.10. The lowest BCUT2D eigenvalue weighted by Gasteiger charge is -2.31. The van der Waals surface area contributed by atoms with E-state index in [-0.39, 0.29) is 11.4 Å². The molecule has 1 aromatic rings. The first-order valence-electron chi connectivity index (χ1n) is 6.32. The molecule has 1 saturated carbocycles. The Morgan fingerprint density at radius 2 is 2.00 bits per heavy atom. The van der Waals surface area contributed by atoms with Crippen molar-refractivity contribution in [3.05, 3.63) is 28.7 Å². The molecule has 2 rings (SSSR count). The van der Waals surface area contributed by atoms with Crippen molar-refractivity contribution >= 4 is 10.0 Å². The lowest BCUT2D eigenvalue weighted by molar-refractivity contribution is 0.00945. The number of aliphatic hydroxyl groups is 1. The summed E-state index contributed by atoms with van der Waals surface area (Å²) in [7, 11) is -3.88.